The lowest BCUT2D eigenvalue weighted by atomic mass is 9.94. The fraction of sp³-hybridized carbons (Fsp3) is 0.884. The van der Waals surface area contributed by atoms with E-state index in [0.29, 0.717) is 36.9 Å². The summed E-state index contributed by atoms with van der Waals surface area (Å²) < 4.78 is 89.7. The van der Waals surface area contributed by atoms with Crippen molar-refractivity contribution in [2.45, 2.75) is 179 Å². The van der Waals surface area contributed by atoms with Gasteiger partial charge in [0.2, 0.25) is 0 Å². The van der Waals surface area contributed by atoms with Gasteiger partial charge < -0.3 is 42.9 Å². The van der Waals surface area contributed by atoms with Gasteiger partial charge in [-0.2, -0.15) is 13.1 Å². The number of allylic oxidation sites excluding steroid dienone is 1. The minimum Gasteiger partial charge on any atom is -0.462 e. The molecule has 0 aromatic heterocycles. The molecule has 64 heavy (non-hydrogen) atoms. The molecule has 2 bridgehead atoms. The summed E-state index contributed by atoms with van der Waals surface area (Å²) in [5.41, 5.74) is 0. The fourth-order valence-corrected chi connectivity index (χ4v) is 8.83. The van der Waals surface area contributed by atoms with Crippen molar-refractivity contribution >= 4 is 36.0 Å². The number of rotatable bonds is 38. The number of phosphoric ester groups is 1. The number of fused-ring (bicyclic) bond motifs is 2. The summed E-state index contributed by atoms with van der Waals surface area (Å²) in [4.78, 5) is 45.8. The predicted molar refractivity (Wildman–Crippen MR) is 237 cm³/mol. The van der Waals surface area contributed by atoms with Crippen LogP contribution in [0.2, 0.25) is 0 Å². The van der Waals surface area contributed by atoms with E-state index in [-0.39, 0.29) is 44.1 Å². The number of quaternary nitrogens is 1. The number of phosphoric acid groups is 1. The van der Waals surface area contributed by atoms with Crippen LogP contribution in [0, 0.1) is 0 Å². The van der Waals surface area contributed by atoms with Crippen molar-refractivity contribution in [2.24, 2.45) is 0 Å². The third-order valence-electron chi connectivity index (χ3n) is 10.8. The molecule has 1 unspecified atom stereocenters. The number of nitrogens with one attached hydrogen (secondary N) is 1. The van der Waals surface area contributed by atoms with Gasteiger partial charge in [0.1, 0.15) is 32.0 Å². The van der Waals surface area contributed by atoms with Crippen molar-refractivity contribution < 1.29 is 83.9 Å². The van der Waals surface area contributed by atoms with E-state index in [4.69, 9.17) is 47.1 Å². The summed E-state index contributed by atoms with van der Waals surface area (Å²) in [5.74, 6) is -2.29. The highest BCUT2D eigenvalue weighted by molar-refractivity contribution is 7.83. The van der Waals surface area contributed by atoms with Crippen LogP contribution in [0.5, 0.6) is 0 Å². The van der Waals surface area contributed by atoms with Gasteiger partial charge in [-0.3, -0.25) is 23.2 Å². The molecular weight excluding hydrogens is 880 g/mol. The van der Waals surface area contributed by atoms with Gasteiger partial charge in [0.15, 0.2) is 11.9 Å². The number of carbonyl (C=O) groups excluding carboxylic acids is 3. The molecule has 21 heteroatoms. The summed E-state index contributed by atoms with van der Waals surface area (Å²) in [6.45, 7) is 2.22. The van der Waals surface area contributed by atoms with Crippen molar-refractivity contribution in [3.8, 4) is 0 Å². The molecule has 7 atom stereocenters. The Morgan fingerprint density at radius 3 is 2.06 bits per heavy atom. The van der Waals surface area contributed by atoms with Crippen molar-refractivity contribution in [1.82, 2.24) is 4.72 Å². The van der Waals surface area contributed by atoms with E-state index in [0.717, 1.165) is 77.0 Å². The molecule has 4 N–H and O–H groups in total. The van der Waals surface area contributed by atoms with Gasteiger partial charge >= 0.3 is 36.0 Å². The van der Waals surface area contributed by atoms with E-state index < -0.39 is 61.2 Å². The smallest absolute Gasteiger partial charge is 0.462 e. The second-order valence-corrected chi connectivity index (χ2v) is 20.5. The Kier molecular flexibility index (Phi) is 28.2. The van der Waals surface area contributed by atoms with Crippen LogP contribution in [0.25, 0.3) is 0 Å². The molecule has 374 valence electrons. The van der Waals surface area contributed by atoms with Crippen LogP contribution in [-0.2, 0) is 66.7 Å². The number of aliphatic hydroxyl groups is 1. The number of esters is 3. The van der Waals surface area contributed by atoms with E-state index in [1.165, 1.54) is 52.0 Å². The normalized spacial score (nSPS) is 22.0. The lowest BCUT2D eigenvalue weighted by Crippen LogP contribution is -2.43. The number of hydrogen-bond acceptors (Lipinski definition) is 15. The Labute approximate surface area is 381 Å². The first kappa shape index (κ1) is 58.1. The minimum absolute atomic E-state index is 0.00699. The van der Waals surface area contributed by atoms with Crippen LogP contribution in [-0.4, -0.2) is 149 Å². The van der Waals surface area contributed by atoms with E-state index in [9.17, 15) is 32.3 Å². The number of likely N-dealkylation sites (N-methyl/N-ethyl adjacent to an activating group) is 1. The number of hydrogen-bond donors (Lipinski definition) is 4. The number of carbonyl (C=O) groups is 3. The zero-order chi connectivity index (χ0) is 47.5. The summed E-state index contributed by atoms with van der Waals surface area (Å²) in [7, 11) is -3.08. The highest BCUT2D eigenvalue weighted by Crippen LogP contribution is 2.46. The zero-order valence-electron chi connectivity index (χ0n) is 39.0. The maximum absolute atomic E-state index is 12.5. The van der Waals surface area contributed by atoms with Crippen LogP contribution >= 0.6 is 7.82 Å². The molecule has 2 aliphatic rings. The highest BCUT2D eigenvalue weighted by atomic mass is 32.2. The molecule has 0 saturated carbocycles. The Hall–Kier alpha value is -2.07. The number of unbranched alkanes of at least 4 members (excludes halogenated alkanes) is 14. The lowest BCUT2D eigenvalue weighted by Gasteiger charge is -2.35. The molecule has 2 heterocycles. The van der Waals surface area contributed by atoms with Crippen LogP contribution in [0.3, 0.4) is 0 Å². The monoisotopic (exact) mass is 959 g/mol. The van der Waals surface area contributed by atoms with E-state index in [1.807, 2.05) is 25.9 Å². The first-order valence-electron chi connectivity index (χ1n) is 23.1. The molecule has 0 aliphatic carbocycles. The molecular formula is C43H80N2O17PS+. The molecule has 0 aromatic rings. The topological polar surface area (TPSA) is 249 Å². The number of nitrogens with zero attached hydrogens (tertiary/aromatic N) is 1. The maximum atomic E-state index is 12.5. The van der Waals surface area contributed by atoms with Crippen molar-refractivity contribution in [2.75, 3.05) is 67.3 Å². The summed E-state index contributed by atoms with van der Waals surface area (Å²) in [6.07, 6.45) is 20.5. The molecule has 0 spiro atoms. The minimum atomic E-state index is -4.43. The van der Waals surface area contributed by atoms with Crippen LogP contribution in [0.4, 0.5) is 0 Å². The van der Waals surface area contributed by atoms with Gasteiger partial charge in [0.05, 0.1) is 53.1 Å². The third-order valence-corrected chi connectivity index (χ3v) is 12.5. The van der Waals surface area contributed by atoms with Gasteiger partial charge in [-0.1, -0.05) is 83.1 Å². The largest absolute Gasteiger partial charge is 0.472 e. The Morgan fingerprint density at radius 1 is 0.844 bits per heavy atom. The van der Waals surface area contributed by atoms with Gasteiger partial charge in [-0.15, -0.1) is 0 Å². The standard InChI is InChI=1S/C43H79N2O17PS/c1-35(47)56-33-38(34-58-63(50,51)57-30-28-45(3,4)5)60-41(49)24-20-16-14-15-19-23-40-42-39(59-36(2)48)25-27-43(61-40,62-42)26-21-17-12-10-8-6-7-9-11-13-18-22-29-55-32-37(31-46)44-64(52,53)54/h20,24,37-40,42,44,46H,6-19,21-23,25-34H2,1-5H3,(H-,50,51,52,53,54)/p+1/b24-20+/t37-,38+,39+,40-,42+,43-/m0/s1. The number of aliphatic hydroxyl groups excluding tert-OH is 1. The Bertz CT molecular complexity index is 1530. The third kappa shape index (κ3) is 28.2. The highest BCUT2D eigenvalue weighted by Gasteiger charge is 2.54. The number of ether oxygens (including phenoxy) is 6. The second kappa shape index (κ2) is 31.1. The predicted octanol–water partition coefficient (Wildman–Crippen LogP) is 5.85. The lowest BCUT2D eigenvalue weighted by molar-refractivity contribution is -0.870. The van der Waals surface area contributed by atoms with E-state index in [2.05, 4.69) is 0 Å². The summed E-state index contributed by atoms with van der Waals surface area (Å²) >= 11 is 0. The van der Waals surface area contributed by atoms with Crippen LogP contribution < -0.4 is 4.72 Å². The second-order valence-electron chi connectivity index (χ2n) is 17.9. The SMILES string of the molecule is CC(=O)OC[C@H](COP(=O)(O)OCC[N+](C)(C)C)OC(=O)/C=C/CCCCC[C@@H]1O[C@]2(CCCCCCCCCCCCCCOC[C@H](CO)NS(=O)(=O)O)CC[C@@H](OC(C)=O)[C@H]1O2. The molecule has 19 nitrogen and oxygen atoms in total. The molecule has 0 amide bonds. The maximum Gasteiger partial charge on any atom is 0.472 e. The molecule has 0 aromatic carbocycles. The van der Waals surface area contributed by atoms with Gasteiger partial charge in [0.25, 0.3) is 0 Å². The van der Waals surface area contributed by atoms with Crippen molar-refractivity contribution in [3.05, 3.63) is 12.2 Å². The fourth-order valence-electron chi connectivity index (χ4n) is 7.52. The first-order valence-corrected chi connectivity index (χ1v) is 26.0. The molecule has 2 saturated heterocycles. The molecule has 0 radical (unpaired) electrons. The quantitative estimate of drug-likeness (QED) is 0.0108. The molecule has 2 fully saturated rings. The van der Waals surface area contributed by atoms with E-state index >= 15 is 0 Å². The summed E-state index contributed by atoms with van der Waals surface area (Å²) in [5, 5.41) is 9.16. The zero-order valence-corrected chi connectivity index (χ0v) is 40.7. The average Bonchev–Trinajstić information content (AvgIpc) is 3.49. The summed E-state index contributed by atoms with van der Waals surface area (Å²) in [6, 6.07) is -0.857. The molecule has 2 aliphatic heterocycles. The van der Waals surface area contributed by atoms with Crippen LogP contribution in [0.15, 0.2) is 12.2 Å². The van der Waals surface area contributed by atoms with Crippen molar-refractivity contribution in [1.29, 1.82) is 0 Å². The van der Waals surface area contributed by atoms with Gasteiger partial charge in [-0.25, -0.2) is 9.36 Å². The molecule has 2 rings (SSSR count). The van der Waals surface area contributed by atoms with Gasteiger partial charge in [-0.05, 0) is 38.5 Å². The first-order chi connectivity index (χ1) is 30.2. The average molecular weight is 960 g/mol. The Morgan fingerprint density at radius 2 is 1.47 bits per heavy atom. The van der Waals surface area contributed by atoms with Crippen molar-refractivity contribution in [3.63, 3.8) is 0 Å². The van der Waals surface area contributed by atoms with Crippen LogP contribution in [0.1, 0.15) is 142 Å². The van der Waals surface area contributed by atoms with Gasteiger partial charge in [0, 0.05) is 39.4 Å². The van der Waals surface area contributed by atoms with E-state index in [1.54, 1.807) is 6.08 Å². The Balaban J connectivity index is 1.63.